The molecule has 0 bridgehead atoms. The number of hydrogen-bond acceptors (Lipinski definition) is 5. The highest BCUT2D eigenvalue weighted by molar-refractivity contribution is 5.94. The van der Waals surface area contributed by atoms with Gasteiger partial charge in [0, 0.05) is 30.5 Å². The van der Waals surface area contributed by atoms with Gasteiger partial charge in [-0.15, -0.1) is 5.10 Å². The fourth-order valence-corrected chi connectivity index (χ4v) is 4.13. The van der Waals surface area contributed by atoms with Crippen molar-refractivity contribution in [2.75, 3.05) is 18.0 Å². The summed E-state index contributed by atoms with van der Waals surface area (Å²) in [6.07, 6.45) is -5.76. The Morgan fingerprint density at radius 1 is 1.11 bits per heavy atom. The molecule has 8 nitrogen and oxygen atoms in total. The molecule has 0 aliphatic carbocycles. The minimum Gasteiger partial charge on any atom is -0.428 e. The molecule has 36 heavy (non-hydrogen) atoms. The first-order valence-corrected chi connectivity index (χ1v) is 10.9. The quantitative estimate of drug-likeness (QED) is 0.441. The van der Waals surface area contributed by atoms with Crippen LogP contribution in [0.15, 0.2) is 60.9 Å². The summed E-state index contributed by atoms with van der Waals surface area (Å²) >= 11 is 0. The second-order valence-corrected chi connectivity index (χ2v) is 8.27. The number of carbonyl (C=O) groups excluding carboxylic acids is 1. The highest BCUT2D eigenvalue weighted by Gasteiger charge is 2.46. The van der Waals surface area contributed by atoms with Gasteiger partial charge < -0.3 is 14.7 Å². The Morgan fingerprint density at radius 2 is 1.81 bits per heavy atom. The monoisotopic (exact) mass is 511 g/mol. The predicted molar refractivity (Wildman–Crippen MR) is 117 cm³/mol. The number of anilines is 1. The number of carbonyl (C=O) groups is 1. The van der Waals surface area contributed by atoms with Crippen molar-refractivity contribution in [1.82, 2.24) is 19.9 Å². The maximum Gasteiger partial charge on any atom is 0.461 e. The number of hydrogen-bond donors (Lipinski definition) is 1. The molecule has 1 aliphatic heterocycles. The second-order valence-electron chi connectivity index (χ2n) is 8.27. The lowest BCUT2D eigenvalue weighted by molar-refractivity contribution is -0.253. The number of nitrogens with zero attached hydrogens (tertiary/aromatic N) is 5. The van der Waals surface area contributed by atoms with Gasteiger partial charge in [0.2, 0.25) is 0 Å². The molecular formula is C23H22F5N5O3. The minimum atomic E-state index is -4.65. The van der Waals surface area contributed by atoms with Crippen molar-refractivity contribution in [3.05, 3.63) is 72.3 Å². The zero-order valence-electron chi connectivity index (χ0n) is 18.9. The van der Waals surface area contributed by atoms with E-state index in [2.05, 4.69) is 15.0 Å². The molecule has 2 heterocycles. The van der Waals surface area contributed by atoms with E-state index in [-0.39, 0.29) is 25.2 Å². The van der Waals surface area contributed by atoms with E-state index in [0.717, 1.165) is 12.1 Å². The summed E-state index contributed by atoms with van der Waals surface area (Å²) < 4.78 is 71.2. The SMILES string of the molecule is C[C@@H](N1CCN(c2ccc(OC(F)(F)C(F)F)cc2)C1=O)[C@](O)(Cn1ccnn1)c1ccccc1F. The lowest BCUT2D eigenvalue weighted by Gasteiger charge is -2.39. The molecule has 0 saturated carbocycles. The number of ether oxygens (including phenoxy) is 1. The Labute approximate surface area is 202 Å². The number of amides is 2. The Balaban J connectivity index is 1.56. The Hall–Kier alpha value is -3.74. The summed E-state index contributed by atoms with van der Waals surface area (Å²) in [6.45, 7) is 1.72. The normalized spacial score (nSPS) is 16.9. The van der Waals surface area contributed by atoms with Crippen LogP contribution in [-0.4, -0.2) is 62.7 Å². The topological polar surface area (TPSA) is 83.7 Å². The van der Waals surface area contributed by atoms with Crippen LogP contribution in [0.5, 0.6) is 5.75 Å². The van der Waals surface area contributed by atoms with Gasteiger partial charge in [0.25, 0.3) is 0 Å². The number of urea groups is 1. The second kappa shape index (κ2) is 9.72. The molecule has 1 aromatic heterocycles. The number of rotatable bonds is 9. The van der Waals surface area contributed by atoms with Crippen molar-refractivity contribution in [3.8, 4) is 5.75 Å². The summed E-state index contributed by atoms with van der Waals surface area (Å²) in [7, 11) is 0. The van der Waals surface area contributed by atoms with E-state index in [0.29, 0.717) is 5.69 Å². The van der Waals surface area contributed by atoms with E-state index in [1.54, 1.807) is 13.0 Å². The molecule has 0 spiro atoms. The number of halogens is 5. The number of aliphatic hydroxyl groups is 1. The molecule has 4 rings (SSSR count). The lowest BCUT2D eigenvalue weighted by Crippen LogP contribution is -2.53. The van der Waals surface area contributed by atoms with Crippen LogP contribution in [0.1, 0.15) is 12.5 Å². The minimum absolute atomic E-state index is 0.0271. The summed E-state index contributed by atoms with van der Waals surface area (Å²) in [5.41, 5.74) is -1.61. The maximum absolute atomic E-state index is 14.8. The molecule has 1 aliphatic rings. The first-order valence-electron chi connectivity index (χ1n) is 10.9. The fourth-order valence-electron chi connectivity index (χ4n) is 4.13. The van der Waals surface area contributed by atoms with Gasteiger partial charge in [-0.25, -0.2) is 13.9 Å². The van der Waals surface area contributed by atoms with Crippen LogP contribution in [-0.2, 0) is 12.1 Å². The van der Waals surface area contributed by atoms with Gasteiger partial charge in [0.15, 0.2) is 0 Å². The Kier molecular flexibility index (Phi) is 6.85. The van der Waals surface area contributed by atoms with Crippen molar-refractivity contribution in [2.24, 2.45) is 0 Å². The number of benzene rings is 2. The zero-order valence-corrected chi connectivity index (χ0v) is 18.9. The van der Waals surface area contributed by atoms with E-state index < -0.39 is 41.8 Å². The smallest absolute Gasteiger partial charge is 0.428 e. The molecule has 192 valence electrons. The van der Waals surface area contributed by atoms with E-state index in [9.17, 15) is 31.9 Å². The highest BCUT2D eigenvalue weighted by atomic mass is 19.3. The lowest BCUT2D eigenvalue weighted by atomic mass is 9.85. The van der Waals surface area contributed by atoms with Crippen molar-refractivity contribution >= 4 is 11.7 Å². The van der Waals surface area contributed by atoms with Crippen molar-refractivity contribution in [1.29, 1.82) is 0 Å². The van der Waals surface area contributed by atoms with Crippen molar-refractivity contribution < 1.29 is 36.6 Å². The van der Waals surface area contributed by atoms with Crippen LogP contribution in [0.25, 0.3) is 0 Å². The standard InChI is InChI=1S/C23H22F5N5O3/c1-15(22(35,14-31-11-10-29-30-31)18-4-2-3-5-19(18)24)32-12-13-33(21(32)34)16-6-8-17(9-7-16)36-23(27,28)20(25)26/h2-11,15,20,35H,12-14H2,1H3/t15-,22-/m1/s1. The average molecular weight is 511 g/mol. The molecule has 1 N–H and O–H groups in total. The van der Waals surface area contributed by atoms with Gasteiger partial charge in [-0.2, -0.15) is 17.6 Å². The Bertz CT molecular complexity index is 1200. The van der Waals surface area contributed by atoms with Gasteiger partial charge in [-0.1, -0.05) is 23.4 Å². The fraction of sp³-hybridized carbons (Fsp3) is 0.348. The third-order valence-corrected chi connectivity index (χ3v) is 6.07. The van der Waals surface area contributed by atoms with Crippen LogP contribution in [0.2, 0.25) is 0 Å². The van der Waals surface area contributed by atoms with Crippen molar-refractivity contribution in [3.63, 3.8) is 0 Å². The van der Waals surface area contributed by atoms with E-state index in [1.807, 2.05) is 0 Å². The number of aromatic nitrogens is 3. The first kappa shape index (κ1) is 25.4. The third kappa shape index (κ3) is 4.83. The summed E-state index contributed by atoms with van der Waals surface area (Å²) in [5, 5.41) is 19.3. The molecule has 0 radical (unpaired) electrons. The molecule has 1 saturated heterocycles. The summed E-state index contributed by atoms with van der Waals surface area (Å²) in [6, 6.07) is 8.87. The molecule has 13 heteroatoms. The highest BCUT2D eigenvalue weighted by Crippen LogP contribution is 2.35. The average Bonchev–Trinajstić information content (AvgIpc) is 3.48. The Morgan fingerprint density at radius 3 is 2.42 bits per heavy atom. The zero-order chi connectivity index (χ0) is 26.1. The molecule has 1 fully saturated rings. The molecular weight excluding hydrogens is 489 g/mol. The van der Waals surface area contributed by atoms with Crippen LogP contribution in [0.3, 0.4) is 0 Å². The predicted octanol–water partition coefficient (Wildman–Crippen LogP) is 3.87. The van der Waals surface area contributed by atoms with Gasteiger partial charge >= 0.3 is 18.6 Å². The molecule has 0 unspecified atom stereocenters. The first-order chi connectivity index (χ1) is 17.0. The van der Waals surface area contributed by atoms with Gasteiger partial charge in [0.05, 0.1) is 18.8 Å². The summed E-state index contributed by atoms with van der Waals surface area (Å²) in [5.74, 6) is -1.16. The molecule has 2 amide bonds. The maximum atomic E-state index is 14.8. The van der Waals surface area contributed by atoms with Crippen molar-refractivity contribution in [2.45, 2.75) is 37.6 Å². The van der Waals surface area contributed by atoms with Crippen LogP contribution in [0.4, 0.5) is 32.4 Å². The van der Waals surface area contributed by atoms with E-state index >= 15 is 0 Å². The van der Waals surface area contributed by atoms with E-state index in [4.69, 9.17) is 0 Å². The van der Waals surface area contributed by atoms with Crippen LogP contribution in [0, 0.1) is 5.82 Å². The van der Waals surface area contributed by atoms with Gasteiger partial charge in [0.1, 0.15) is 17.2 Å². The molecule has 3 aromatic rings. The molecule has 2 atom stereocenters. The third-order valence-electron chi connectivity index (χ3n) is 6.07. The molecule has 2 aromatic carbocycles. The largest absolute Gasteiger partial charge is 0.461 e. The van der Waals surface area contributed by atoms with Crippen LogP contribution >= 0.6 is 0 Å². The van der Waals surface area contributed by atoms with Gasteiger partial charge in [-0.3, -0.25) is 4.90 Å². The van der Waals surface area contributed by atoms with Crippen LogP contribution < -0.4 is 9.64 Å². The summed E-state index contributed by atoms with van der Waals surface area (Å²) in [4.78, 5) is 16.0. The van der Waals surface area contributed by atoms with Gasteiger partial charge in [-0.05, 0) is 37.3 Å². The number of alkyl halides is 4. The van der Waals surface area contributed by atoms with E-state index in [1.165, 1.54) is 57.2 Å².